The molecule has 27 heavy (non-hydrogen) atoms. The molecular formula is C18H16ClF3N2O3. The van der Waals surface area contributed by atoms with Gasteiger partial charge in [0.05, 0.1) is 6.54 Å². The van der Waals surface area contributed by atoms with Crippen LogP contribution in [0.3, 0.4) is 0 Å². The summed E-state index contributed by atoms with van der Waals surface area (Å²) in [4.78, 5) is 23.7. The summed E-state index contributed by atoms with van der Waals surface area (Å²) in [6.45, 7) is -1.43. The second kappa shape index (κ2) is 9.27. The molecule has 9 heteroatoms. The fourth-order valence-corrected chi connectivity index (χ4v) is 2.21. The van der Waals surface area contributed by atoms with E-state index in [0.29, 0.717) is 16.1 Å². The number of hydrogen-bond donors (Lipinski definition) is 2. The highest BCUT2D eigenvalue weighted by atomic mass is 35.5. The average Bonchev–Trinajstić information content (AvgIpc) is 2.63. The van der Waals surface area contributed by atoms with Gasteiger partial charge < -0.3 is 15.4 Å². The van der Waals surface area contributed by atoms with Gasteiger partial charge in [0.25, 0.3) is 5.91 Å². The second-order valence-corrected chi connectivity index (χ2v) is 5.95. The molecule has 0 radical (unpaired) electrons. The van der Waals surface area contributed by atoms with Gasteiger partial charge in [-0.05, 0) is 35.9 Å². The topological polar surface area (TPSA) is 67.4 Å². The Bertz CT molecular complexity index is 795. The summed E-state index contributed by atoms with van der Waals surface area (Å²) in [6, 6.07) is 12.2. The molecule has 0 unspecified atom stereocenters. The van der Waals surface area contributed by atoms with Gasteiger partial charge in [0, 0.05) is 17.1 Å². The van der Waals surface area contributed by atoms with Crippen LogP contribution in [-0.4, -0.2) is 31.1 Å². The number of halogens is 4. The van der Waals surface area contributed by atoms with Crippen LogP contribution in [0, 0.1) is 0 Å². The summed E-state index contributed by atoms with van der Waals surface area (Å²) < 4.78 is 40.8. The third-order valence-electron chi connectivity index (χ3n) is 3.31. The maximum absolute atomic E-state index is 12.1. The molecule has 2 amide bonds. The zero-order valence-electron chi connectivity index (χ0n) is 14.0. The Kier molecular flexibility index (Phi) is 7.06. The number of alkyl halides is 3. The maximum atomic E-state index is 12.1. The maximum Gasteiger partial charge on any atom is 0.422 e. The molecule has 5 nitrogen and oxygen atoms in total. The SMILES string of the molecule is O=C(CNC(=O)c1cccc(Cl)c1)NCc1ccc(OCC(F)(F)F)cc1. The number of rotatable bonds is 7. The molecule has 0 heterocycles. The lowest BCUT2D eigenvalue weighted by Gasteiger charge is -2.10. The van der Waals surface area contributed by atoms with Crippen LogP contribution in [0.25, 0.3) is 0 Å². The number of amides is 2. The minimum absolute atomic E-state index is 0.0798. The molecule has 0 bridgehead atoms. The lowest BCUT2D eigenvalue weighted by molar-refractivity contribution is -0.153. The molecule has 0 fully saturated rings. The van der Waals surface area contributed by atoms with Crippen LogP contribution in [0.2, 0.25) is 5.02 Å². The molecule has 0 aromatic heterocycles. The van der Waals surface area contributed by atoms with E-state index in [1.807, 2.05) is 0 Å². The molecule has 0 aliphatic heterocycles. The van der Waals surface area contributed by atoms with E-state index in [1.165, 1.54) is 30.3 Å². The van der Waals surface area contributed by atoms with Crippen LogP contribution < -0.4 is 15.4 Å². The Labute approximate surface area is 158 Å². The third kappa shape index (κ3) is 7.57. The lowest BCUT2D eigenvalue weighted by atomic mass is 10.2. The largest absolute Gasteiger partial charge is 0.484 e. The fraction of sp³-hybridized carbons (Fsp3) is 0.222. The summed E-state index contributed by atoms with van der Waals surface area (Å²) in [5.41, 5.74) is 1.01. The Morgan fingerprint density at radius 1 is 1.04 bits per heavy atom. The van der Waals surface area contributed by atoms with Crippen molar-refractivity contribution in [2.75, 3.05) is 13.2 Å². The first-order valence-electron chi connectivity index (χ1n) is 7.82. The van der Waals surface area contributed by atoms with E-state index in [2.05, 4.69) is 15.4 Å². The lowest BCUT2D eigenvalue weighted by Crippen LogP contribution is -2.36. The molecule has 0 aliphatic carbocycles. The molecule has 0 spiro atoms. The first-order chi connectivity index (χ1) is 12.7. The standard InChI is InChI=1S/C18H16ClF3N2O3/c19-14-3-1-2-13(8-14)17(26)24-10-16(25)23-9-12-4-6-15(7-5-12)27-11-18(20,21)22/h1-8H,9-11H2,(H,23,25)(H,24,26). The predicted molar refractivity (Wildman–Crippen MR) is 93.6 cm³/mol. The van der Waals surface area contributed by atoms with Gasteiger partial charge in [0.2, 0.25) is 5.91 Å². The minimum Gasteiger partial charge on any atom is -0.484 e. The molecule has 0 atom stereocenters. The average molecular weight is 401 g/mol. The molecule has 2 N–H and O–H groups in total. The number of benzene rings is 2. The summed E-state index contributed by atoms with van der Waals surface area (Å²) in [7, 11) is 0. The van der Waals surface area contributed by atoms with Gasteiger partial charge in [0.1, 0.15) is 5.75 Å². The number of carbonyl (C=O) groups excluding carboxylic acids is 2. The van der Waals surface area contributed by atoms with E-state index in [9.17, 15) is 22.8 Å². The molecule has 0 saturated carbocycles. The van der Waals surface area contributed by atoms with Crippen molar-refractivity contribution in [1.82, 2.24) is 10.6 Å². The van der Waals surface area contributed by atoms with Crippen molar-refractivity contribution < 1.29 is 27.5 Å². The summed E-state index contributed by atoms with van der Waals surface area (Å²) in [5, 5.41) is 5.47. The molecule has 144 valence electrons. The van der Waals surface area contributed by atoms with Gasteiger partial charge in [0.15, 0.2) is 6.61 Å². The van der Waals surface area contributed by atoms with Crippen molar-refractivity contribution in [3.05, 3.63) is 64.7 Å². The zero-order chi connectivity index (χ0) is 19.9. The highest BCUT2D eigenvalue weighted by Gasteiger charge is 2.28. The van der Waals surface area contributed by atoms with Crippen molar-refractivity contribution in [3.63, 3.8) is 0 Å². The van der Waals surface area contributed by atoms with Crippen LogP contribution in [0.1, 0.15) is 15.9 Å². The van der Waals surface area contributed by atoms with E-state index in [4.69, 9.17) is 11.6 Å². The summed E-state index contributed by atoms with van der Waals surface area (Å²) in [5.74, 6) is -0.766. The molecule has 2 rings (SSSR count). The van der Waals surface area contributed by atoms with Crippen LogP contribution in [-0.2, 0) is 11.3 Å². The summed E-state index contributed by atoms with van der Waals surface area (Å²) >= 11 is 5.80. The van der Waals surface area contributed by atoms with Crippen LogP contribution in [0.5, 0.6) is 5.75 Å². The molecule has 0 saturated heterocycles. The number of nitrogens with one attached hydrogen (secondary N) is 2. The van der Waals surface area contributed by atoms with E-state index in [-0.39, 0.29) is 18.8 Å². The zero-order valence-corrected chi connectivity index (χ0v) is 14.7. The van der Waals surface area contributed by atoms with Crippen LogP contribution in [0.4, 0.5) is 13.2 Å². The van der Waals surface area contributed by atoms with Crippen LogP contribution >= 0.6 is 11.6 Å². The van der Waals surface area contributed by atoms with Crippen molar-refractivity contribution in [2.45, 2.75) is 12.7 Å². The number of hydrogen-bond acceptors (Lipinski definition) is 3. The third-order valence-corrected chi connectivity index (χ3v) is 3.55. The van der Waals surface area contributed by atoms with Gasteiger partial charge in [-0.25, -0.2) is 0 Å². The van der Waals surface area contributed by atoms with E-state index in [1.54, 1.807) is 18.2 Å². The highest BCUT2D eigenvalue weighted by molar-refractivity contribution is 6.30. The quantitative estimate of drug-likeness (QED) is 0.749. The van der Waals surface area contributed by atoms with Gasteiger partial charge in [-0.15, -0.1) is 0 Å². The van der Waals surface area contributed by atoms with Gasteiger partial charge in [-0.3, -0.25) is 9.59 Å². The molecule has 0 aliphatic rings. The Morgan fingerprint density at radius 2 is 1.74 bits per heavy atom. The Morgan fingerprint density at radius 3 is 2.37 bits per heavy atom. The smallest absolute Gasteiger partial charge is 0.422 e. The van der Waals surface area contributed by atoms with Crippen molar-refractivity contribution >= 4 is 23.4 Å². The molecular weight excluding hydrogens is 385 g/mol. The van der Waals surface area contributed by atoms with Crippen molar-refractivity contribution in [3.8, 4) is 5.75 Å². The van der Waals surface area contributed by atoms with Crippen molar-refractivity contribution in [1.29, 1.82) is 0 Å². The van der Waals surface area contributed by atoms with E-state index >= 15 is 0 Å². The first-order valence-corrected chi connectivity index (χ1v) is 8.20. The number of carbonyl (C=O) groups is 2. The second-order valence-electron chi connectivity index (χ2n) is 5.52. The fourth-order valence-electron chi connectivity index (χ4n) is 2.02. The number of ether oxygens (including phenoxy) is 1. The van der Waals surface area contributed by atoms with Gasteiger partial charge in [-0.2, -0.15) is 13.2 Å². The van der Waals surface area contributed by atoms with E-state index in [0.717, 1.165) is 0 Å². The normalized spacial score (nSPS) is 11.0. The van der Waals surface area contributed by atoms with Crippen molar-refractivity contribution in [2.24, 2.45) is 0 Å². The minimum atomic E-state index is -4.40. The molecule has 2 aromatic carbocycles. The van der Waals surface area contributed by atoms with Crippen LogP contribution in [0.15, 0.2) is 48.5 Å². The predicted octanol–water partition coefficient (Wildman–Crippen LogP) is 3.33. The Balaban J connectivity index is 1.74. The molecule has 2 aromatic rings. The first kappa shape index (κ1) is 20.6. The van der Waals surface area contributed by atoms with E-state index < -0.39 is 24.6 Å². The van der Waals surface area contributed by atoms with Gasteiger partial charge >= 0.3 is 6.18 Å². The highest BCUT2D eigenvalue weighted by Crippen LogP contribution is 2.18. The monoisotopic (exact) mass is 400 g/mol. The van der Waals surface area contributed by atoms with Gasteiger partial charge in [-0.1, -0.05) is 29.8 Å². The Hall–Kier alpha value is -2.74. The summed E-state index contributed by atoms with van der Waals surface area (Å²) in [6.07, 6.45) is -4.40.